The zero-order chi connectivity index (χ0) is 19.7. The fourth-order valence-electron chi connectivity index (χ4n) is 3.63. The standard InChI is InChI=1S/C21H20N4O2S/c1-13-2-7-16-17(10-13)28-20-19(16)21(27)25(12-23-20)11-18(26)24-15-5-3-14(4-6-15)8-9-22/h3-6,12-13H,2,7-8,10-11H2,1H3,(H,24,26)/t13-/m1/s1. The lowest BCUT2D eigenvalue weighted by Gasteiger charge is -2.17. The first-order chi connectivity index (χ1) is 13.5. The first-order valence-corrected chi connectivity index (χ1v) is 10.1. The molecule has 1 aromatic carbocycles. The summed E-state index contributed by atoms with van der Waals surface area (Å²) in [5.41, 5.74) is 2.51. The molecule has 0 fully saturated rings. The fourth-order valence-corrected chi connectivity index (χ4v) is 4.97. The molecule has 28 heavy (non-hydrogen) atoms. The average molecular weight is 392 g/mol. The van der Waals surface area contributed by atoms with E-state index in [-0.39, 0.29) is 18.0 Å². The molecule has 0 saturated carbocycles. The van der Waals surface area contributed by atoms with Crippen molar-refractivity contribution in [1.29, 1.82) is 5.26 Å². The lowest BCUT2D eigenvalue weighted by Crippen LogP contribution is -2.28. The van der Waals surface area contributed by atoms with Gasteiger partial charge in [-0.2, -0.15) is 5.26 Å². The number of thiophene rings is 1. The van der Waals surface area contributed by atoms with Crippen LogP contribution < -0.4 is 10.9 Å². The number of nitrogens with zero attached hydrogens (tertiary/aromatic N) is 3. The van der Waals surface area contributed by atoms with Gasteiger partial charge in [0, 0.05) is 10.6 Å². The Kier molecular flexibility index (Phi) is 4.97. The molecule has 1 atom stereocenters. The second kappa shape index (κ2) is 7.56. The SMILES string of the molecule is C[C@@H]1CCc2c(sc3ncn(CC(=O)Nc4ccc(CC#N)cc4)c(=O)c23)C1. The van der Waals surface area contributed by atoms with E-state index >= 15 is 0 Å². The summed E-state index contributed by atoms with van der Waals surface area (Å²) in [4.78, 5) is 31.8. The van der Waals surface area contributed by atoms with Crippen LogP contribution in [0.2, 0.25) is 0 Å². The molecule has 6 nitrogen and oxygen atoms in total. The predicted molar refractivity (Wildman–Crippen MR) is 109 cm³/mol. The summed E-state index contributed by atoms with van der Waals surface area (Å²) >= 11 is 1.61. The number of benzene rings is 1. The van der Waals surface area contributed by atoms with Gasteiger partial charge in [-0.15, -0.1) is 11.3 Å². The molecule has 3 aromatic rings. The van der Waals surface area contributed by atoms with Crippen molar-refractivity contribution in [2.45, 2.75) is 39.2 Å². The van der Waals surface area contributed by atoms with Crippen LogP contribution in [0.15, 0.2) is 35.4 Å². The molecule has 0 saturated heterocycles. The number of aryl methyl sites for hydroxylation is 1. The van der Waals surface area contributed by atoms with Crippen LogP contribution >= 0.6 is 11.3 Å². The molecular weight excluding hydrogens is 372 g/mol. The van der Waals surface area contributed by atoms with Gasteiger partial charge in [0.2, 0.25) is 5.91 Å². The highest BCUT2D eigenvalue weighted by molar-refractivity contribution is 7.18. The predicted octanol–water partition coefficient (Wildman–Crippen LogP) is 3.29. The van der Waals surface area contributed by atoms with Crippen molar-refractivity contribution in [3.63, 3.8) is 0 Å². The zero-order valence-corrected chi connectivity index (χ0v) is 16.4. The molecule has 4 rings (SSSR count). The number of amides is 1. The Labute approximate surface area is 166 Å². The third kappa shape index (κ3) is 3.56. The second-order valence-corrected chi connectivity index (χ2v) is 8.37. The van der Waals surface area contributed by atoms with E-state index < -0.39 is 0 Å². The van der Waals surface area contributed by atoms with Gasteiger partial charge in [-0.3, -0.25) is 14.2 Å². The third-order valence-corrected chi connectivity index (χ3v) is 6.28. The highest BCUT2D eigenvalue weighted by Crippen LogP contribution is 2.35. The van der Waals surface area contributed by atoms with Crippen LogP contribution in [0.4, 0.5) is 5.69 Å². The minimum absolute atomic E-state index is 0.0806. The summed E-state index contributed by atoms with van der Waals surface area (Å²) in [6, 6.07) is 9.20. The number of hydrogen-bond acceptors (Lipinski definition) is 5. The number of carbonyl (C=O) groups excluding carboxylic acids is 1. The summed E-state index contributed by atoms with van der Waals surface area (Å²) in [6.45, 7) is 2.15. The van der Waals surface area contributed by atoms with E-state index in [9.17, 15) is 9.59 Å². The van der Waals surface area contributed by atoms with Crippen molar-refractivity contribution < 1.29 is 4.79 Å². The monoisotopic (exact) mass is 392 g/mol. The van der Waals surface area contributed by atoms with E-state index in [1.807, 2.05) is 0 Å². The molecule has 0 spiro atoms. The summed E-state index contributed by atoms with van der Waals surface area (Å²) in [6.07, 6.45) is 4.77. The number of carbonyl (C=O) groups is 1. The number of anilines is 1. The van der Waals surface area contributed by atoms with Gasteiger partial charge in [0.1, 0.15) is 11.4 Å². The summed E-state index contributed by atoms with van der Waals surface area (Å²) < 4.78 is 1.38. The molecule has 1 N–H and O–H groups in total. The maximum Gasteiger partial charge on any atom is 0.262 e. The van der Waals surface area contributed by atoms with Crippen molar-refractivity contribution in [2.75, 3.05) is 5.32 Å². The van der Waals surface area contributed by atoms with Crippen molar-refractivity contribution in [3.05, 3.63) is 57.0 Å². The molecule has 142 valence electrons. The molecule has 1 aliphatic rings. The lowest BCUT2D eigenvalue weighted by molar-refractivity contribution is -0.116. The van der Waals surface area contributed by atoms with Crippen LogP contribution in [0.5, 0.6) is 0 Å². The normalized spacial score (nSPS) is 15.8. The van der Waals surface area contributed by atoms with Gasteiger partial charge in [0.25, 0.3) is 5.56 Å². The van der Waals surface area contributed by atoms with E-state index in [0.717, 1.165) is 35.2 Å². The Morgan fingerprint density at radius 2 is 2.18 bits per heavy atom. The van der Waals surface area contributed by atoms with E-state index in [1.165, 1.54) is 15.8 Å². The smallest absolute Gasteiger partial charge is 0.262 e. The first kappa shape index (κ1) is 18.4. The Bertz CT molecular complexity index is 1140. The number of hydrogen-bond donors (Lipinski definition) is 1. The lowest BCUT2D eigenvalue weighted by atomic mass is 9.89. The number of nitrogens with one attached hydrogen (secondary N) is 1. The Morgan fingerprint density at radius 3 is 2.93 bits per heavy atom. The fraction of sp³-hybridized carbons (Fsp3) is 0.333. The molecule has 0 aliphatic heterocycles. The Hall–Kier alpha value is -2.98. The average Bonchev–Trinajstić information content (AvgIpc) is 3.04. The summed E-state index contributed by atoms with van der Waals surface area (Å²) in [7, 11) is 0. The van der Waals surface area contributed by atoms with Gasteiger partial charge in [-0.1, -0.05) is 19.1 Å². The molecule has 7 heteroatoms. The largest absolute Gasteiger partial charge is 0.325 e. The Morgan fingerprint density at radius 1 is 1.39 bits per heavy atom. The quantitative estimate of drug-likeness (QED) is 0.738. The van der Waals surface area contributed by atoms with Gasteiger partial charge >= 0.3 is 0 Å². The van der Waals surface area contributed by atoms with Gasteiger partial charge in [-0.05, 0) is 48.4 Å². The molecule has 2 aromatic heterocycles. The van der Waals surface area contributed by atoms with Crippen molar-refractivity contribution in [3.8, 4) is 6.07 Å². The third-order valence-electron chi connectivity index (χ3n) is 5.12. The summed E-state index contributed by atoms with van der Waals surface area (Å²) in [5.74, 6) is 0.349. The van der Waals surface area contributed by atoms with Gasteiger partial charge in [0.05, 0.1) is 24.2 Å². The van der Waals surface area contributed by atoms with Crippen LogP contribution in [0.3, 0.4) is 0 Å². The van der Waals surface area contributed by atoms with Crippen LogP contribution in [-0.4, -0.2) is 15.5 Å². The van der Waals surface area contributed by atoms with Crippen molar-refractivity contribution in [2.24, 2.45) is 5.92 Å². The number of nitriles is 1. The van der Waals surface area contributed by atoms with Crippen LogP contribution in [0.1, 0.15) is 29.3 Å². The molecule has 1 amide bonds. The van der Waals surface area contributed by atoms with Gasteiger partial charge in [0.15, 0.2) is 0 Å². The van der Waals surface area contributed by atoms with Crippen molar-refractivity contribution in [1.82, 2.24) is 9.55 Å². The Balaban J connectivity index is 1.54. The second-order valence-electron chi connectivity index (χ2n) is 7.29. The minimum atomic E-state index is -0.283. The highest BCUT2D eigenvalue weighted by atomic mass is 32.1. The molecule has 2 heterocycles. The zero-order valence-electron chi connectivity index (χ0n) is 15.6. The highest BCUT2D eigenvalue weighted by Gasteiger charge is 2.23. The number of aromatic nitrogens is 2. The molecule has 0 bridgehead atoms. The topological polar surface area (TPSA) is 87.8 Å². The van der Waals surface area contributed by atoms with Crippen LogP contribution in [0.25, 0.3) is 10.2 Å². The van der Waals surface area contributed by atoms with Crippen LogP contribution in [-0.2, 0) is 30.6 Å². The first-order valence-electron chi connectivity index (χ1n) is 9.30. The van der Waals surface area contributed by atoms with Crippen LogP contribution in [0, 0.1) is 17.2 Å². The maximum absolute atomic E-state index is 13.0. The van der Waals surface area contributed by atoms with Crippen molar-refractivity contribution >= 4 is 33.1 Å². The maximum atomic E-state index is 13.0. The van der Waals surface area contributed by atoms with E-state index in [4.69, 9.17) is 5.26 Å². The number of fused-ring (bicyclic) bond motifs is 3. The molecule has 0 radical (unpaired) electrons. The van der Waals surface area contributed by atoms with E-state index in [2.05, 4.69) is 23.3 Å². The van der Waals surface area contributed by atoms with E-state index in [1.54, 1.807) is 35.6 Å². The molecule has 1 aliphatic carbocycles. The molecule has 0 unspecified atom stereocenters. The van der Waals surface area contributed by atoms with Gasteiger partial charge < -0.3 is 5.32 Å². The molecular formula is C21H20N4O2S. The summed E-state index contributed by atoms with van der Waals surface area (Å²) in [5, 5.41) is 12.2. The number of rotatable bonds is 4. The van der Waals surface area contributed by atoms with E-state index in [0.29, 0.717) is 23.4 Å². The minimum Gasteiger partial charge on any atom is -0.325 e. The van der Waals surface area contributed by atoms with Gasteiger partial charge in [-0.25, -0.2) is 4.98 Å².